The number of alkyl halides is 3. The van der Waals surface area contributed by atoms with Crippen LogP contribution in [0.4, 0.5) is 13.2 Å². The summed E-state index contributed by atoms with van der Waals surface area (Å²) in [5.74, 6) is -1.37. The molecule has 0 radical (unpaired) electrons. The topological polar surface area (TPSA) is 88.5 Å². The van der Waals surface area contributed by atoms with Gasteiger partial charge in [0, 0.05) is 16.5 Å². The summed E-state index contributed by atoms with van der Waals surface area (Å²) in [5, 5.41) is 13.9. The fraction of sp³-hybridized carbons (Fsp3) is 0.190. The SMILES string of the molecule is O=C(NC(CO)C(=O)OCc1csc(-c2ccc(C(F)(F)F)cc2)n1)c1ccccc1. The molecular weight excluding hydrogens is 433 g/mol. The number of nitrogens with zero attached hydrogens (tertiary/aromatic N) is 1. The molecule has 0 spiro atoms. The highest BCUT2D eigenvalue weighted by Gasteiger charge is 2.30. The summed E-state index contributed by atoms with van der Waals surface area (Å²) < 4.78 is 43.1. The Kier molecular flexibility index (Phi) is 7.03. The van der Waals surface area contributed by atoms with E-state index in [0.717, 1.165) is 12.1 Å². The van der Waals surface area contributed by atoms with Gasteiger partial charge in [-0.05, 0) is 24.3 Å². The van der Waals surface area contributed by atoms with Crippen molar-refractivity contribution in [2.75, 3.05) is 6.61 Å². The van der Waals surface area contributed by atoms with Crippen LogP contribution in [0.5, 0.6) is 0 Å². The maximum Gasteiger partial charge on any atom is 0.416 e. The molecule has 2 N–H and O–H groups in total. The van der Waals surface area contributed by atoms with Crippen molar-refractivity contribution >= 4 is 23.2 Å². The van der Waals surface area contributed by atoms with Gasteiger partial charge < -0.3 is 15.2 Å². The van der Waals surface area contributed by atoms with Crippen LogP contribution in [0.2, 0.25) is 0 Å². The molecule has 1 aromatic heterocycles. The number of halogens is 3. The Balaban J connectivity index is 1.57. The van der Waals surface area contributed by atoms with Crippen LogP contribution < -0.4 is 5.32 Å². The molecule has 2 aromatic carbocycles. The van der Waals surface area contributed by atoms with E-state index in [9.17, 15) is 27.9 Å². The molecule has 0 fully saturated rings. The molecule has 0 aliphatic carbocycles. The van der Waals surface area contributed by atoms with Gasteiger partial charge in [-0.15, -0.1) is 11.3 Å². The van der Waals surface area contributed by atoms with E-state index < -0.39 is 36.3 Å². The Morgan fingerprint density at radius 2 is 1.77 bits per heavy atom. The van der Waals surface area contributed by atoms with Crippen molar-refractivity contribution < 1.29 is 32.6 Å². The number of carbonyl (C=O) groups is 2. The zero-order chi connectivity index (χ0) is 22.4. The molecule has 6 nitrogen and oxygen atoms in total. The average Bonchev–Trinajstić information content (AvgIpc) is 3.25. The molecule has 3 aromatic rings. The molecule has 0 aliphatic rings. The average molecular weight is 450 g/mol. The summed E-state index contributed by atoms with van der Waals surface area (Å²) in [7, 11) is 0. The second-order valence-corrected chi connectivity index (χ2v) is 7.26. The lowest BCUT2D eigenvalue weighted by atomic mass is 10.1. The third-order valence-electron chi connectivity index (χ3n) is 4.18. The molecular formula is C21H17F3N2O4S. The lowest BCUT2D eigenvalue weighted by Gasteiger charge is -2.15. The molecule has 0 aliphatic heterocycles. The summed E-state index contributed by atoms with van der Waals surface area (Å²) >= 11 is 1.19. The minimum absolute atomic E-state index is 0.215. The van der Waals surface area contributed by atoms with Crippen molar-refractivity contribution in [1.29, 1.82) is 0 Å². The van der Waals surface area contributed by atoms with Gasteiger partial charge in [0.1, 0.15) is 11.6 Å². The lowest BCUT2D eigenvalue weighted by Crippen LogP contribution is -2.44. The minimum atomic E-state index is -4.42. The molecule has 1 unspecified atom stereocenters. The third-order valence-corrected chi connectivity index (χ3v) is 5.12. The van der Waals surface area contributed by atoms with Crippen LogP contribution in [0, 0.1) is 0 Å². The van der Waals surface area contributed by atoms with Gasteiger partial charge in [0.25, 0.3) is 5.91 Å². The van der Waals surface area contributed by atoms with Crippen molar-refractivity contribution in [3.05, 3.63) is 76.8 Å². The number of ether oxygens (including phenoxy) is 1. The largest absolute Gasteiger partial charge is 0.458 e. The van der Waals surface area contributed by atoms with Gasteiger partial charge in [0.05, 0.1) is 17.9 Å². The fourth-order valence-electron chi connectivity index (χ4n) is 2.56. The van der Waals surface area contributed by atoms with E-state index in [2.05, 4.69) is 10.3 Å². The Morgan fingerprint density at radius 3 is 2.39 bits per heavy atom. The highest BCUT2D eigenvalue weighted by atomic mass is 32.1. The molecule has 162 valence electrons. The molecule has 10 heteroatoms. The Morgan fingerprint density at radius 1 is 1.10 bits per heavy atom. The summed E-state index contributed by atoms with van der Waals surface area (Å²) in [6.07, 6.45) is -4.42. The maximum atomic E-state index is 12.7. The van der Waals surface area contributed by atoms with E-state index in [1.54, 1.807) is 35.7 Å². The van der Waals surface area contributed by atoms with E-state index in [1.807, 2.05) is 0 Å². The monoisotopic (exact) mass is 450 g/mol. The van der Waals surface area contributed by atoms with E-state index in [0.29, 0.717) is 21.8 Å². The maximum absolute atomic E-state index is 12.7. The van der Waals surface area contributed by atoms with Crippen molar-refractivity contribution in [2.24, 2.45) is 0 Å². The van der Waals surface area contributed by atoms with Crippen LogP contribution in [0.3, 0.4) is 0 Å². The summed E-state index contributed by atoms with van der Waals surface area (Å²) in [4.78, 5) is 28.6. The van der Waals surface area contributed by atoms with Crippen molar-refractivity contribution in [2.45, 2.75) is 18.8 Å². The number of aromatic nitrogens is 1. The lowest BCUT2D eigenvalue weighted by molar-refractivity contribution is -0.148. The predicted octanol–water partition coefficient (Wildman–Crippen LogP) is 3.66. The van der Waals surface area contributed by atoms with Crippen LogP contribution in [0.25, 0.3) is 10.6 Å². The summed E-state index contributed by atoms with van der Waals surface area (Å²) in [5.41, 5.74) is 0.460. The van der Waals surface area contributed by atoms with Crippen LogP contribution in [-0.4, -0.2) is 34.6 Å². The molecule has 1 amide bonds. The Hall–Kier alpha value is -3.24. The van der Waals surface area contributed by atoms with E-state index in [1.165, 1.54) is 23.5 Å². The van der Waals surface area contributed by atoms with E-state index in [4.69, 9.17) is 4.74 Å². The first-order valence-corrected chi connectivity index (χ1v) is 9.91. The number of nitrogens with one attached hydrogen (secondary N) is 1. The second kappa shape index (κ2) is 9.71. The standard InChI is InChI=1S/C21H17F3N2O4S/c22-21(23,24)15-8-6-14(7-9-15)19-25-16(12-31-19)11-30-20(29)17(10-27)26-18(28)13-4-2-1-3-5-13/h1-9,12,17,27H,10-11H2,(H,26,28). The normalized spacial score (nSPS) is 12.3. The van der Waals surface area contributed by atoms with Gasteiger partial charge in [0.2, 0.25) is 0 Å². The molecule has 1 heterocycles. The number of esters is 1. The fourth-order valence-corrected chi connectivity index (χ4v) is 3.37. The molecule has 3 rings (SSSR count). The molecule has 0 saturated carbocycles. The number of aliphatic hydroxyl groups is 1. The van der Waals surface area contributed by atoms with Crippen molar-refractivity contribution in [1.82, 2.24) is 10.3 Å². The number of thiazole rings is 1. The number of hydrogen-bond acceptors (Lipinski definition) is 6. The quantitative estimate of drug-likeness (QED) is 0.537. The van der Waals surface area contributed by atoms with Crippen molar-refractivity contribution in [3.63, 3.8) is 0 Å². The minimum Gasteiger partial charge on any atom is -0.458 e. The third kappa shape index (κ3) is 5.89. The number of rotatable bonds is 7. The predicted molar refractivity (Wildman–Crippen MR) is 107 cm³/mol. The first-order valence-electron chi connectivity index (χ1n) is 9.03. The number of amides is 1. The second-order valence-electron chi connectivity index (χ2n) is 6.40. The van der Waals surface area contributed by atoms with Crippen LogP contribution in [-0.2, 0) is 22.3 Å². The Bertz CT molecular complexity index is 1040. The zero-order valence-electron chi connectivity index (χ0n) is 15.9. The van der Waals surface area contributed by atoms with Crippen LogP contribution in [0.15, 0.2) is 60.0 Å². The van der Waals surface area contributed by atoms with E-state index >= 15 is 0 Å². The summed E-state index contributed by atoms with van der Waals surface area (Å²) in [6, 6.07) is 11.5. The first kappa shape index (κ1) is 22.4. The first-order chi connectivity index (χ1) is 14.8. The van der Waals surface area contributed by atoms with Gasteiger partial charge in [-0.3, -0.25) is 4.79 Å². The highest BCUT2D eigenvalue weighted by molar-refractivity contribution is 7.13. The molecule has 31 heavy (non-hydrogen) atoms. The van der Waals surface area contributed by atoms with Gasteiger partial charge in [-0.25, -0.2) is 9.78 Å². The zero-order valence-corrected chi connectivity index (χ0v) is 16.7. The number of hydrogen-bond donors (Lipinski definition) is 2. The highest BCUT2D eigenvalue weighted by Crippen LogP contribution is 2.31. The Labute approximate surface area is 179 Å². The van der Waals surface area contributed by atoms with Crippen molar-refractivity contribution in [3.8, 4) is 10.6 Å². The number of carbonyl (C=O) groups excluding carboxylic acids is 2. The van der Waals surface area contributed by atoms with Gasteiger partial charge >= 0.3 is 12.1 Å². The van der Waals surface area contributed by atoms with Gasteiger partial charge in [-0.1, -0.05) is 30.3 Å². The number of benzene rings is 2. The van der Waals surface area contributed by atoms with E-state index in [-0.39, 0.29) is 6.61 Å². The molecule has 0 saturated heterocycles. The van der Waals surface area contributed by atoms with Gasteiger partial charge in [0.15, 0.2) is 6.04 Å². The van der Waals surface area contributed by atoms with Crippen LogP contribution in [0.1, 0.15) is 21.6 Å². The summed E-state index contributed by atoms with van der Waals surface area (Å²) in [6.45, 7) is -0.862. The molecule has 1 atom stereocenters. The molecule has 0 bridgehead atoms. The number of aliphatic hydroxyl groups excluding tert-OH is 1. The smallest absolute Gasteiger partial charge is 0.416 e. The van der Waals surface area contributed by atoms with Gasteiger partial charge in [-0.2, -0.15) is 13.2 Å². The van der Waals surface area contributed by atoms with Crippen LogP contribution >= 0.6 is 11.3 Å².